The van der Waals surface area contributed by atoms with Crippen molar-refractivity contribution in [2.75, 3.05) is 12.4 Å². The van der Waals surface area contributed by atoms with Crippen LogP contribution in [0.15, 0.2) is 35.7 Å². The first kappa shape index (κ1) is 14.8. The first-order valence-corrected chi connectivity index (χ1v) is 8.13. The van der Waals surface area contributed by atoms with E-state index in [1.807, 2.05) is 24.6 Å². The quantitative estimate of drug-likeness (QED) is 0.947. The fourth-order valence-corrected chi connectivity index (χ4v) is 3.73. The van der Waals surface area contributed by atoms with Crippen LogP contribution in [0.3, 0.4) is 0 Å². The largest absolute Gasteiger partial charge is 0.337 e. The highest BCUT2D eigenvalue weighted by atomic mass is 32.1. The van der Waals surface area contributed by atoms with Gasteiger partial charge in [0.2, 0.25) is 5.91 Å². The molecule has 114 valence electrons. The molecule has 4 nitrogen and oxygen atoms in total. The highest BCUT2D eigenvalue weighted by Gasteiger charge is 2.29. The van der Waals surface area contributed by atoms with Gasteiger partial charge in [0.25, 0.3) is 5.91 Å². The molecule has 3 rings (SSSR count). The number of hydrogen-bond acceptors (Lipinski definition) is 3. The van der Waals surface area contributed by atoms with Gasteiger partial charge in [-0.25, -0.2) is 0 Å². The number of anilines is 1. The second-order valence-electron chi connectivity index (χ2n) is 5.59. The Morgan fingerprint density at radius 3 is 2.41 bits per heavy atom. The summed E-state index contributed by atoms with van der Waals surface area (Å²) < 4.78 is 0. The van der Waals surface area contributed by atoms with Gasteiger partial charge in [0.05, 0.1) is 5.69 Å². The molecule has 0 spiro atoms. The molecule has 22 heavy (non-hydrogen) atoms. The molecule has 1 N–H and O–H groups in total. The van der Waals surface area contributed by atoms with Crippen LogP contribution < -0.4 is 5.32 Å². The Bertz CT molecular complexity index is 698. The monoisotopic (exact) mass is 314 g/mol. The van der Waals surface area contributed by atoms with Gasteiger partial charge in [0.1, 0.15) is 4.88 Å². The lowest BCUT2D eigenvalue weighted by Gasteiger charge is -2.24. The van der Waals surface area contributed by atoms with Crippen LogP contribution in [0.4, 0.5) is 5.69 Å². The van der Waals surface area contributed by atoms with E-state index in [1.54, 1.807) is 11.0 Å². The van der Waals surface area contributed by atoms with Crippen molar-refractivity contribution in [1.29, 1.82) is 0 Å². The van der Waals surface area contributed by atoms with Crippen LogP contribution >= 0.6 is 11.3 Å². The Balaban J connectivity index is 1.76. The zero-order valence-corrected chi connectivity index (χ0v) is 13.4. The van der Waals surface area contributed by atoms with Crippen molar-refractivity contribution in [1.82, 2.24) is 4.90 Å². The number of hydrogen-bond donors (Lipinski definition) is 1. The molecule has 0 bridgehead atoms. The Kier molecular flexibility index (Phi) is 3.98. The van der Waals surface area contributed by atoms with E-state index in [-0.39, 0.29) is 17.9 Å². The van der Waals surface area contributed by atoms with Gasteiger partial charge >= 0.3 is 0 Å². The van der Waals surface area contributed by atoms with Gasteiger partial charge in [-0.1, -0.05) is 24.3 Å². The fourth-order valence-electron chi connectivity index (χ4n) is 2.90. The van der Waals surface area contributed by atoms with Crippen LogP contribution in [0.5, 0.6) is 0 Å². The Labute approximate surface area is 133 Å². The number of rotatable bonds is 3. The van der Waals surface area contributed by atoms with Gasteiger partial charge < -0.3 is 10.2 Å². The van der Waals surface area contributed by atoms with E-state index in [4.69, 9.17) is 0 Å². The number of amides is 2. The molecule has 1 heterocycles. The van der Waals surface area contributed by atoms with Crippen molar-refractivity contribution in [2.45, 2.75) is 25.8 Å². The van der Waals surface area contributed by atoms with Crippen molar-refractivity contribution >= 4 is 28.8 Å². The summed E-state index contributed by atoms with van der Waals surface area (Å²) in [5.41, 5.74) is 3.24. The van der Waals surface area contributed by atoms with E-state index in [1.165, 1.54) is 29.4 Å². The Morgan fingerprint density at radius 1 is 1.18 bits per heavy atom. The molecule has 2 aromatic rings. The number of thiophene rings is 1. The molecule has 1 aromatic carbocycles. The van der Waals surface area contributed by atoms with Crippen LogP contribution in [0, 0.1) is 0 Å². The van der Waals surface area contributed by atoms with E-state index >= 15 is 0 Å². The van der Waals surface area contributed by atoms with E-state index in [2.05, 4.69) is 17.4 Å². The van der Waals surface area contributed by atoms with Gasteiger partial charge in [0.15, 0.2) is 0 Å². The molecule has 2 amide bonds. The smallest absolute Gasteiger partial charge is 0.266 e. The lowest BCUT2D eigenvalue weighted by Crippen LogP contribution is -2.37. The zero-order valence-electron chi connectivity index (χ0n) is 12.6. The average molecular weight is 314 g/mol. The van der Waals surface area contributed by atoms with Crippen molar-refractivity contribution in [3.05, 3.63) is 51.7 Å². The molecule has 0 saturated heterocycles. The fraction of sp³-hybridized carbons (Fsp3) is 0.294. The molecule has 5 heteroatoms. The molecule has 0 radical (unpaired) electrons. The number of nitrogens with zero attached hydrogens (tertiary/aromatic N) is 1. The van der Waals surface area contributed by atoms with Crippen molar-refractivity contribution in [2.24, 2.45) is 0 Å². The molecule has 0 fully saturated rings. The van der Waals surface area contributed by atoms with Crippen LogP contribution in [0.2, 0.25) is 0 Å². The SMILES string of the molecule is CC(=O)Nc1ccsc1C(=O)N(C)C1Cc2ccccc2C1. The predicted molar refractivity (Wildman–Crippen MR) is 88.4 cm³/mol. The second kappa shape index (κ2) is 5.93. The summed E-state index contributed by atoms with van der Waals surface area (Å²) in [6, 6.07) is 10.3. The molecular weight excluding hydrogens is 296 g/mol. The summed E-state index contributed by atoms with van der Waals surface area (Å²) in [4.78, 5) is 26.4. The summed E-state index contributed by atoms with van der Waals surface area (Å²) in [7, 11) is 1.84. The molecule has 1 aliphatic rings. The number of benzene rings is 1. The summed E-state index contributed by atoms with van der Waals surface area (Å²) >= 11 is 1.36. The van der Waals surface area contributed by atoms with Crippen molar-refractivity contribution < 1.29 is 9.59 Å². The third kappa shape index (κ3) is 2.76. The van der Waals surface area contributed by atoms with Gasteiger partial charge in [-0.15, -0.1) is 11.3 Å². The molecule has 0 aliphatic heterocycles. The number of likely N-dealkylation sites (N-methyl/N-ethyl adjacent to an activating group) is 1. The maximum absolute atomic E-state index is 12.7. The van der Waals surface area contributed by atoms with Crippen LogP contribution in [-0.2, 0) is 17.6 Å². The van der Waals surface area contributed by atoms with Gasteiger partial charge in [0, 0.05) is 20.0 Å². The molecule has 0 atom stereocenters. The molecule has 0 unspecified atom stereocenters. The Hall–Kier alpha value is -2.14. The van der Waals surface area contributed by atoms with Gasteiger partial charge in [-0.3, -0.25) is 9.59 Å². The summed E-state index contributed by atoms with van der Waals surface area (Å²) in [5.74, 6) is -0.195. The zero-order chi connectivity index (χ0) is 15.7. The first-order chi connectivity index (χ1) is 10.6. The summed E-state index contributed by atoms with van der Waals surface area (Å²) in [6.45, 7) is 1.45. The minimum absolute atomic E-state index is 0.0310. The summed E-state index contributed by atoms with van der Waals surface area (Å²) in [5, 5.41) is 4.55. The first-order valence-electron chi connectivity index (χ1n) is 7.25. The molecule has 1 aliphatic carbocycles. The van der Waals surface area contributed by atoms with E-state index in [0.717, 1.165) is 12.8 Å². The highest BCUT2D eigenvalue weighted by Crippen LogP contribution is 2.29. The minimum Gasteiger partial charge on any atom is -0.337 e. The highest BCUT2D eigenvalue weighted by molar-refractivity contribution is 7.12. The minimum atomic E-state index is -0.164. The Morgan fingerprint density at radius 2 is 1.82 bits per heavy atom. The molecular formula is C17H18N2O2S. The van der Waals surface area contributed by atoms with E-state index < -0.39 is 0 Å². The van der Waals surface area contributed by atoms with E-state index in [9.17, 15) is 9.59 Å². The third-order valence-corrected chi connectivity index (χ3v) is 4.97. The predicted octanol–water partition coefficient (Wildman–Crippen LogP) is 2.95. The number of fused-ring (bicyclic) bond motifs is 1. The van der Waals surface area contributed by atoms with Crippen LogP contribution in [0.25, 0.3) is 0 Å². The standard InChI is InChI=1S/C17H18N2O2S/c1-11(20)18-15-7-8-22-16(15)17(21)19(2)14-9-12-5-3-4-6-13(12)10-14/h3-8,14H,9-10H2,1-2H3,(H,18,20). The number of carbonyl (C=O) groups is 2. The van der Waals surface area contributed by atoms with Crippen molar-refractivity contribution in [3.8, 4) is 0 Å². The second-order valence-corrected chi connectivity index (χ2v) is 6.51. The lowest BCUT2D eigenvalue weighted by atomic mass is 10.1. The maximum atomic E-state index is 12.7. The van der Waals surface area contributed by atoms with Crippen LogP contribution in [0.1, 0.15) is 27.7 Å². The van der Waals surface area contributed by atoms with Crippen molar-refractivity contribution in [3.63, 3.8) is 0 Å². The number of carbonyl (C=O) groups excluding carboxylic acids is 2. The lowest BCUT2D eigenvalue weighted by molar-refractivity contribution is -0.114. The normalized spacial score (nSPS) is 13.7. The summed E-state index contributed by atoms with van der Waals surface area (Å²) in [6.07, 6.45) is 1.78. The molecule has 1 aromatic heterocycles. The average Bonchev–Trinajstić information content (AvgIpc) is 3.11. The molecule has 0 saturated carbocycles. The maximum Gasteiger partial charge on any atom is 0.266 e. The third-order valence-electron chi connectivity index (χ3n) is 4.07. The van der Waals surface area contributed by atoms with Gasteiger partial charge in [-0.2, -0.15) is 0 Å². The van der Waals surface area contributed by atoms with Gasteiger partial charge in [-0.05, 0) is 35.4 Å². The topological polar surface area (TPSA) is 49.4 Å². The van der Waals surface area contributed by atoms with E-state index in [0.29, 0.717) is 10.6 Å². The number of nitrogens with one attached hydrogen (secondary N) is 1. The van der Waals surface area contributed by atoms with Crippen LogP contribution in [-0.4, -0.2) is 29.8 Å².